The molecule has 2 aromatic rings. The van der Waals surface area contributed by atoms with Gasteiger partial charge in [-0.2, -0.15) is 0 Å². The number of aryl methyl sites for hydroxylation is 2. The van der Waals surface area contributed by atoms with Crippen molar-refractivity contribution in [2.24, 2.45) is 5.92 Å². The van der Waals surface area contributed by atoms with Crippen LogP contribution in [0.1, 0.15) is 40.9 Å². The van der Waals surface area contributed by atoms with Gasteiger partial charge in [-0.1, -0.05) is 37.6 Å². The standard InChI is InChI=1S/C23H29NO5/c1-14(2)21(23(26)29-13-18-9-15(3)7-8-16(18)4)24-22(25)17-10-19(27-5)12-20(11-17)28-6/h7-12,14,21H,13H2,1-6H3,(H,24,25)/t21-/m0/s1. The van der Waals surface area contributed by atoms with Gasteiger partial charge in [-0.15, -0.1) is 0 Å². The van der Waals surface area contributed by atoms with Crippen LogP contribution in [0.4, 0.5) is 0 Å². The van der Waals surface area contributed by atoms with E-state index in [-0.39, 0.29) is 12.5 Å². The molecule has 0 aromatic heterocycles. The smallest absolute Gasteiger partial charge is 0.329 e. The van der Waals surface area contributed by atoms with E-state index in [4.69, 9.17) is 14.2 Å². The van der Waals surface area contributed by atoms with E-state index in [0.29, 0.717) is 17.1 Å². The second-order valence-electron chi connectivity index (χ2n) is 7.33. The number of carbonyl (C=O) groups is 2. The predicted octanol–water partition coefficient (Wildman–Crippen LogP) is 3.82. The fourth-order valence-corrected chi connectivity index (χ4v) is 2.86. The molecule has 0 aliphatic carbocycles. The number of nitrogens with one attached hydrogen (secondary N) is 1. The first-order chi connectivity index (χ1) is 13.7. The molecule has 0 unspecified atom stereocenters. The van der Waals surface area contributed by atoms with E-state index < -0.39 is 17.9 Å². The van der Waals surface area contributed by atoms with Gasteiger partial charge >= 0.3 is 5.97 Å². The van der Waals surface area contributed by atoms with E-state index in [1.807, 2.05) is 45.9 Å². The molecule has 1 N–H and O–H groups in total. The lowest BCUT2D eigenvalue weighted by atomic mass is 10.0. The van der Waals surface area contributed by atoms with E-state index in [0.717, 1.165) is 16.7 Å². The number of carbonyl (C=O) groups excluding carboxylic acids is 2. The maximum Gasteiger partial charge on any atom is 0.329 e. The topological polar surface area (TPSA) is 73.9 Å². The van der Waals surface area contributed by atoms with E-state index in [1.54, 1.807) is 18.2 Å². The number of ether oxygens (including phenoxy) is 3. The molecule has 0 saturated heterocycles. The Bertz CT molecular complexity index is 853. The summed E-state index contributed by atoms with van der Waals surface area (Å²) in [7, 11) is 3.02. The number of rotatable bonds is 8. The summed E-state index contributed by atoms with van der Waals surface area (Å²) in [6, 6.07) is 10.1. The van der Waals surface area contributed by atoms with Crippen molar-refractivity contribution in [3.63, 3.8) is 0 Å². The van der Waals surface area contributed by atoms with Gasteiger partial charge < -0.3 is 19.5 Å². The lowest BCUT2D eigenvalue weighted by Gasteiger charge is -2.21. The summed E-state index contributed by atoms with van der Waals surface area (Å²) < 4.78 is 15.9. The van der Waals surface area contributed by atoms with E-state index >= 15 is 0 Å². The molecular weight excluding hydrogens is 370 g/mol. The summed E-state index contributed by atoms with van der Waals surface area (Å²) in [6.07, 6.45) is 0. The van der Waals surface area contributed by atoms with Crippen molar-refractivity contribution in [1.29, 1.82) is 0 Å². The number of amides is 1. The van der Waals surface area contributed by atoms with Crippen molar-refractivity contribution in [1.82, 2.24) is 5.32 Å². The average molecular weight is 399 g/mol. The zero-order valence-electron chi connectivity index (χ0n) is 17.9. The van der Waals surface area contributed by atoms with Crippen LogP contribution < -0.4 is 14.8 Å². The summed E-state index contributed by atoms with van der Waals surface area (Å²) >= 11 is 0. The van der Waals surface area contributed by atoms with Gasteiger partial charge in [0.15, 0.2) is 0 Å². The molecule has 0 aliphatic heterocycles. The minimum absolute atomic E-state index is 0.141. The van der Waals surface area contributed by atoms with Gasteiger partial charge in [-0.25, -0.2) is 4.79 Å². The van der Waals surface area contributed by atoms with Gasteiger partial charge in [0.2, 0.25) is 0 Å². The third kappa shape index (κ3) is 5.98. The Labute approximate surface area is 172 Å². The first-order valence-electron chi connectivity index (χ1n) is 9.51. The first kappa shape index (κ1) is 22.3. The first-order valence-corrected chi connectivity index (χ1v) is 9.51. The number of esters is 1. The van der Waals surface area contributed by atoms with Crippen LogP contribution in [0.2, 0.25) is 0 Å². The largest absolute Gasteiger partial charge is 0.497 e. The molecule has 29 heavy (non-hydrogen) atoms. The molecule has 6 heteroatoms. The summed E-state index contributed by atoms with van der Waals surface area (Å²) in [5.74, 6) is -0.0209. The van der Waals surface area contributed by atoms with Crippen LogP contribution in [-0.2, 0) is 16.1 Å². The minimum Gasteiger partial charge on any atom is -0.497 e. The van der Waals surface area contributed by atoms with Crippen molar-refractivity contribution in [3.05, 3.63) is 58.7 Å². The van der Waals surface area contributed by atoms with Crippen molar-refractivity contribution >= 4 is 11.9 Å². The fraction of sp³-hybridized carbons (Fsp3) is 0.391. The molecule has 0 bridgehead atoms. The van der Waals surface area contributed by atoms with Crippen LogP contribution in [0.15, 0.2) is 36.4 Å². The Hall–Kier alpha value is -3.02. The number of methoxy groups -OCH3 is 2. The summed E-state index contributed by atoms with van der Waals surface area (Å²) in [6.45, 7) is 7.84. The van der Waals surface area contributed by atoms with Crippen LogP contribution in [0.5, 0.6) is 11.5 Å². The molecule has 0 saturated carbocycles. The predicted molar refractivity (Wildman–Crippen MR) is 111 cm³/mol. The number of hydrogen-bond donors (Lipinski definition) is 1. The highest BCUT2D eigenvalue weighted by molar-refractivity contribution is 5.97. The molecule has 0 aliphatic rings. The minimum atomic E-state index is -0.773. The van der Waals surface area contributed by atoms with Gasteiger partial charge in [-0.05, 0) is 43.0 Å². The van der Waals surface area contributed by atoms with Gasteiger partial charge in [0, 0.05) is 11.6 Å². The summed E-state index contributed by atoms with van der Waals surface area (Å²) in [4.78, 5) is 25.4. The lowest BCUT2D eigenvalue weighted by molar-refractivity contribution is -0.148. The van der Waals surface area contributed by atoms with Crippen molar-refractivity contribution in [3.8, 4) is 11.5 Å². The normalized spacial score (nSPS) is 11.7. The molecule has 0 fully saturated rings. The molecule has 0 radical (unpaired) electrons. The maximum absolute atomic E-state index is 12.7. The van der Waals surface area contributed by atoms with Crippen LogP contribution in [-0.4, -0.2) is 32.1 Å². The molecule has 6 nitrogen and oxygen atoms in total. The fourth-order valence-electron chi connectivity index (χ4n) is 2.86. The Morgan fingerprint density at radius 2 is 1.59 bits per heavy atom. The van der Waals surface area contributed by atoms with Gasteiger partial charge in [0.05, 0.1) is 14.2 Å². The van der Waals surface area contributed by atoms with Gasteiger partial charge in [0.25, 0.3) is 5.91 Å². The second kappa shape index (κ2) is 9.96. The molecule has 156 valence electrons. The Kier molecular flexibility index (Phi) is 7.65. The van der Waals surface area contributed by atoms with Gasteiger partial charge in [-0.3, -0.25) is 4.79 Å². The monoisotopic (exact) mass is 399 g/mol. The highest BCUT2D eigenvalue weighted by atomic mass is 16.5. The quantitative estimate of drug-likeness (QED) is 0.683. The highest BCUT2D eigenvalue weighted by Crippen LogP contribution is 2.23. The van der Waals surface area contributed by atoms with Crippen LogP contribution >= 0.6 is 0 Å². The van der Waals surface area contributed by atoms with E-state index in [9.17, 15) is 9.59 Å². The second-order valence-corrected chi connectivity index (χ2v) is 7.33. The van der Waals surface area contributed by atoms with Crippen LogP contribution in [0.3, 0.4) is 0 Å². The Morgan fingerprint density at radius 1 is 0.966 bits per heavy atom. The molecular formula is C23H29NO5. The van der Waals surface area contributed by atoms with Gasteiger partial charge in [0.1, 0.15) is 24.1 Å². The zero-order chi connectivity index (χ0) is 21.6. The highest BCUT2D eigenvalue weighted by Gasteiger charge is 2.26. The molecule has 2 aromatic carbocycles. The third-order valence-corrected chi connectivity index (χ3v) is 4.70. The number of hydrogen-bond acceptors (Lipinski definition) is 5. The molecule has 0 spiro atoms. The SMILES string of the molecule is COc1cc(OC)cc(C(=O)N[C@H](C(=O)OCc2cc(C)ccc2C)C(C)C)c1. The van der Waals surface area contributed by atoms with Crippen molar-refractivity contribution < 1.29 is 23.8 Å². The van der Waals surface area contributed by atoms with Crippen LogP contribution in [0.25, 0.3) is 0 Å². The van der Waals surface area contributed by atoms with Crippen LogP contribution in [0, 0.1) is 19.8 Å². The molecule has 1 amide bonds. The van der Waals surface area contributed by atoms with Crippen molar-refractivity contribution in [2.45, 2.75) is 40.3 Å². The third-order valence-electron chi connectivity index (χ3n) is 4.70. The molecule has 2 rings (SSSR count). The Balaban J connectivity index is 2.12. The zero-order valence-corrected chi connectivity index (χ0v) is 17.9. The average Bonchev–Trinajstić information content (AvgIpc) is 2.71. The lowest BCUT2D eigenvalue weighted by Crippen LogP contribution is -2.45. The molecule has 1 atom stereocenters. The summed E-state index contributed by atoms with van der Waals surface area (Å²) in [5.41, 5.74) is 3.44. The Morgan fingerprint density at radius 3 is 2.14 bits per heavy atom. The van der Waals surface area contributed by atoms with E-state index in [1.165, 1.54) is 14.2 Å². The summed E-state index contributed by atoms with van der Waals surface area (Å²) in [5, 5.41) is 2.77. The van der Waals surface area contributed by atoms with E-state index in [2.05, 4.69) is 5.32 Å². The maximum atomic E-state index is 12.7. The van der Waals surface area contributed by atoms with Crippen molar-refractivity contribution in [2.75, 3.05) is 14.2 Å². The molecule has 0 heterocycles. The number of benzene rings is 2.